The van der Waals surface area contributed by atoms with Crippen LogP contribution in [0.4, 0.5) is 0 Å². The highest BCUT2D eigenvalue weighted by Crippen LogP contribution is 2.50. The summed E-state index contributed by atoms with van der Waals surface area (Å²) in [6.45, 7) is 1.87. The molecule has 0 aromatic carbocycles. The molecule has 0 spiro atoms. The van der Waals surface area contributed by atoms with Crippen LogP contribution in [0.3, 0.4) is 0 Å². The molecule has 1 fully saturated rings. The van der Waals surface area contributed by atoms with E-state index in [9.17, 15) is 9.59 Å². The van der Waals surface area contributed by atoms with Gasteiger partial charge in [0.2, 0.25) is 0 Å². The molecule has 70 valence electrons. The highest BCUT2D eigenvalue weighted by molar-refractivity contribution is 5.97. The van der Waals surface area contributed by atoms with Gasteiger partial charge in [0.15, 0.2) is 0 Å². The number of fused-ring (bicyclic) bond motifs is 1. The summed E-state index contributed by atoms with van der Waals surface area (Å²) in [6, 6.07) is 0. The smallest absolute Gasteiger partial charge is 0.311 e. The average Bonchev–Trinajstić information content (AvgIpc) is 2.51. The first-order valence-corrected chi connectivity index (χ1v) is 4.52. The Balaban J connectivity index is 2.41. The summed E-state index contributed by atoms with van der Waals surface area (Å²) in [5.74, 6) is -1.30. The summed E-state index contributed by atoms with van der Waals surface area (Å²) >= 11 is 0. The monoisotopic (exact) mass is 180 g/mol. The third-order valence-electron chi connectivity index (χ3n) is 3.32. The van der Waals surface area contributed by atoms with Gasteiger partial charge in [0, 0.05) is 11.8 Å². The SMILES string of the molecule is CC12CCC=C1C(C(=O)O)CC2=O. The lowest BCUT2D eigenvalue weighted by atomic mass is 9.83. The van der Waals surface area contributed by atoms with Crippen LogP contribution in [0.2, 0.25) is 0 Å². The van der Waals surface area contributed by atoms with Crippen molar-refractivity contribution in [3.63, 3.8) is 0 Å². The molecule has 3 heteroatoms. The first-order chi connectivity index (χ1) is 6.05. The maximum absolute atomic E-state index is 11.6. The van der Waals surface area contributed by atoms with E-state index in [1.807, 2.05) is 13.0 Å². The minimum atomic E-state index is -0.856. The molecule has 2 aliphatic carbocycles. The first kappa shape index (κ1) is 8.48. The third-order valence-corrected chi connectivity index (χ3v) is 3.32. The minimum absolute atomic E-state index is 0.101. The number of carboxylic acid groups (broad SMARTS) is 1. The van der Waals surface area contributed by atoms with Crippen molar-refractivity contribution in [1.82, 2.24) is 0 Å². The van der Waals surface area contributed by atoms with Gasteiger partial charge in [0.05, 0.1) is 5.92 Å². The summed E-state index contributed by atoms with van der Waals surface area (Å²) in [4.78, 5) is 22.4. The van der Waals surface area contributed by atoms with Crippen molar-refractivity contribution in [3.05, 3.63) is 11.6 Å². The number of carbonyl (C=O) groups is 2. The summed E-state index contributed by atoms with van der Waals surface area (Å²) in [5, 5.41) is 8.90. The van der Waals surface area contributed by atoms with Gasteiger partial charge in [-0.15, -0.1) is 0 Å². The van der Waals surface area contributed by atoms with Gasteiger partial charge < -0.3 is 5.11 Å². The van der Waals surface area contributed by atoms with E-state index in [1.54, 1.807) is 0 Å². The molecule has 0 aromatic rings. The Hall–Kier alpha value is -1.12. The summed E-state index contributed by atoms with van der Waals surface area (Å²) < 4.78 is 0. The zero-order chi connectivity index (χ0) is 9.64. The minimum Gasteiger partial charge on any atom is -0.481 e. The van der Waals surface area contributed by atoms with Crippen LogP contribution in [0, 0.1) is 11.3 Å². The number of hydrogen-bond donors (Lipinski definition) is 1. The second kappa shape index (κ2) is 2.44. The molecule has 3 nitrogen and oxygen atoms in total. The van der Waals surface area contributed by atoms with Gasteiger partial charge in [-0.1, -0.05) is 6.08 Å². The molecule has 0 aromatic heterocycles. The first-order valence-electron chi connectivity index (χ1n) is 4.52. The van der Waals surface area contributed by atoms with Crippen molar-refractivity contribution in [2.75, 3.05) is 0 Å². The van der Waals surface area contributed by atoms with Crippen LogP contribution < -0.4 is 0 Å². The fraction of sp³-hybridized carbons (Fsp3) is 0.600. The number of hydrogen-bond acceptors (Lipinski definition) is 2. The molecule has 2 atom stereocenters. The van der Waals surface area contributed by atoms with Gasteiger partial charge in [-0.2, -0.15) is 0 Å². The Morgan fingerprint density at radius 3 is 3.00 bits per heavy atom. The Labute approximate surface area is 76.4 Å². The van der Waals surface area contributed by atoms with Gasteiger partial charge in [-0.25, -0.2) is 0 Å². The molecule has 0 radical (unpaired) electrons. The Morgan fingerprint density at radius 2 is 2.38 bits per heavy atom. The van der Waals surface area contributed by atoms with E-state index in [2.05, 4.69) is 0 Å². The predicted octanol–water partition coefficient (Wildman–Crippen LogP) is 1.39. The predicted molar refractivity (Wildman–Crippen MR) is 46.2 cm³/mol. The van der Waals surface area contributed by atoms with Crippen molar-refractivity contribution in [3.8, 4) is 0 Å². The normalized spacial score (nSPS) is 37.5. The number of rotatable bonds is 1. The Kier molecular flexibility index (Phi) is 1.59. The number of allylic oxidation sites excluding steroid dienone is 1. The van der Waals surface area contributed by atoms with Gasteiger partial charge in [0.1, 0.15) is 5.78 Å². The number of Topliss-reactive ketones (excluding diaryl/α,β-unsaturated/α-hetero) is 1. The summed E-state index contributed by atoms with van der Waals surface area (Å²) in [5.41, 5.74) is 0.410. The van der Waals surface area contributed by atoms with Gasteiger partial charge in [-0.05, 0) is 25.3 Å². The van der Waals surface area contributed by atoms with Crippen molar-refractivity contribution < 1.29 is 14.7 Å². The van der Waals surface area contributed by atoms with Crippen LogP contribution in [0.15, 0.2) is 11.6 Å². The standard InChI is InChI=1S/C10H12O3/c1-10-4-2-3-7(10)6(9(12)13)5-8(10)11/h3,6H,2,4-5H2,1H3,(H,12,13). The van der Waals surface area contributed by atoms with E-state index in [-0.39, 0.29) is 12.2 Å². The highest BCUT2D eigenvalue weighted by atomic mass is 16.4. The van der Waals surface area contributed by atoms with Gasteiger partial charge >= 0.3 is 5.97 Å². The van der Waals surface area contributed by atoms with Crippen molar-refractivity contribution >= 4 is 11.8 Å². The summed E-state index contributed by atoms with van der Waals surface area (Å²) in [7, 11) is 0. The molecule has 0 aliphatic heterocycles. The van der Waals surface area contributed by atoms with Crippen LogP contribution in [-0.2, 0) is 9.59 Å². The molecule has 1 saturated carbocycles. The number of carboxylic acids is 1. The van der Waals surface area contributed by atoms with E-state index >= 15 is 0 Å². The molecule has 0 amide bonds. The van der Waals surface area contributed by atoms with E-state index in [4.69, 9.17) is 5.11 Å². The van der Waals surface area contributed by atoms with Crippen LogP contribution >= 0.6 is 0 Å². The van der Waals surface area contributed by atoms with Gasteiger partial charge in [-0.3, -0.25) is 9.59 Å². The van der Waals surface area contributed by atoms with Crippen molar-refractivity contribution in [2.45, 2.75) is 26.2 Å². The second-order valence-electron chi connectivity index (χ2n) is 4.05. The van der Waals surface area contributed by atoms with Crippen LogP contribution in [0.5, 0.6) is 0 Å². The number of carbonyl (C=O) groups excluding carboxylic acids is 1. The van der Waals surface area contributed by atoms with Crippen LogP contribution in [-0.4, -0.2) is 16.9 Å². The Morgan fingerprint density at radius 1 is 1.69 bits per heavy atom. The van der Waals surface area contributed by atoms with Crippen LogP contribution in [0.1, 0.15) is 26.2 Å². The summed E-state index contributed by atoms with van der Waals surface area (Å²) in [6.07, 6.45) is 3.77. The van der Waals surface area contributed by atoms with E-state index < -0.39 is 17.3 Å². The zero-order valence-corrected chi connectivity index (χ0v) is 7.54. The maximum Gasteiger partial charge on any atom is 0.311 e. The Bertz CT molecular complexity index is 316. The van der Waals surface area contributed by atoms with Crippen molar-refractivity contribution in [1.29, 1.82) is 0 Å². The molecular weight excluding hydrogens is 168 g/mol. The molecule has 2 aliphatic rings. The van der Waals surface area contributed by atoms with E-state index in [1.165, 1.54) is 0 Å². The number of aliphatic carboxylic acids is 1. The molecule has 2 rings (SSSR count). The molecule has 0 heterocycles. The zero-order valence-electron chi connectivity index (χ0n) is 7.54. The van der Waals surface area contributed by atoms with E-state index in [0.717, 1.165) is 18.4 Å². The lowest BCUT2D eigenvalue weighted by Gasteiger charge is -2.18. The molecule has 1 N–H and O–H groups in total. The average molecular weight is 180 g/mol. The highest BCUT2D eigenvalue weighted by Gasteiger charge is 2.51. The van der Waals surface area contributed by atoms with E-state index in [0.29, 0.717) is 0 Å². The fourth-order valence-electron chi connectivity index (χ4n) is 2.45. The second-order valence-corrected chi connectivity index (χ2v) is 4.05. The maximum atomic E-state index is 11.6. The quantitative estimate of drug-likeness (QED) is 0.620. The van der Waals surface area contributed by atoms with Gasteiger partial charge in [0.25, 0.3) is 0 Å². The van der Waals surface area contributed by atoms with Crippen LogP contribution in [0.25, 0.3) is 0 Å². The lowest BCUT2D eigenvalue weighted by molar-refractivity contribution is -0.141. The molecule has 0 bridgehead atoms. The molecule has 13 heavy (non-hydrogen) atoms. The fourth-order valence-corrected chi connectivity index (χ4v) is 2.45. The lowest BCUT2D eigenvalue weighted by Crippen LogP contribution is -2.20. The topological polar surface area (TPSA) is 54.4 Å². The third kappa shape index (κ3) is 0.961. The van der Waals surface area contributed by atoms with Crippen molar-refractivity contribution in [2.24, 2.45) is 11.3 Å². The molecular formula is C10H12O3. The number of ketones is 1. The largest absolute Gasteiger partial charge is 0.481 e. The molecule has 2 unspecified atom stereocenters. The molecule has 0 saturated heterocycles.